The van der Waals surface area contributed by atoms with Crippen LogP contribution in [-0.2, 0) is 6.61 Å². The lowest BCUT2D eigenvalue weighted by atomic mass is 10.2. The second-order valence-electron chi connectivity index (χ2n) is 2.49. The van der Waals surface area contributed by atoms with Gasteiger partial charge in [-0.2, -0.15) is 0 Å². The first-order chi connectivity index (χ1) is 5.79. The summed E-state index contributed by atoms with van der Waals surface area (Å²) in [5, 5.41) is 9.87. The second-order valence-corrected chi connectivity index (χ2v) is 4.21. The molecule has 1 N–H and O–H groups in total. The topological polar surface area (TPSA) is 20.2 Å². The molecule has 1 aromatic carbocycles. The van der Waals surface area contributed by atoms with E-state index in [1.165, 1.54) is 11.3 Å². The van der Waals surface area contributed by atoms with E-state index >= 15 is 0 Å². The standard InChI is InChI=1S/C9H6ClOS/c10-9-4-7-2-1-6(5-11)3-8(7)12-9/h1,3-4,11H,5H2. The molecule has 0 bridgehead atoms. The Bertz CT molecular complexity index is 408. The Hall–Kier alpha value is -0.570. The molecule has 0 spiro atoms. The lowest BCUT2D eigenvalue weighted by Gasteiger charge is -1.93. The van der Waals surface area contributed by atoms with Gasteiger partial charge in [-0.3, -0.25) is 0 Å². The number of hydrogen-bond donors (Lipinski definition) is 1. The highest BCUT2D eigenvalue weighted by molar-refractivity contribution is 7.22. The van der Waals surface area contributed by atoms with E-state index in [1.807, 2.05) is 12.1 Å². The van der Waals surface area contributed by atoms with Crippen LogP contribution in [0.5, 0.6) is 0 Å². The van der Waals surface area contributed by atoms with Gasteiger partial charge in [0.05, 0.1) is 10.9 Å². The number of benzene rings is 1. The number of fused-ring (bicyclic) bond motifs is 1. The van der Waals surface area contributed by atoms with Gasteiger partial charge < -0.3 is 5.11 Å². The minimum absolute atomic E-state index is 0.0575. The average Bonchev–Trinajstić information content (AvgIpc) is 2.43. The Morgan fingerprint density at radius 2 is 2.33 bits per heavy atom. The van der Waals surface area contributed by atoms with Crippen molar-refractivity contribution >= 4 is 33.0 Å². The van der Waals surface area contributed by atoms with Crippen LogP contribution in [-0.4, -0.2) is 5.11 Å². The van der Waals surface area contributed by atoms with Crippen LogP contribution in [0.25, 0.3) is 10.1 Å². The first-order valence-corrected chi connectivity index (χ1v) is 4.69. The average molecular weight is 198 g/mol. The molecule has 1 heterocycles. The Morgan fingerprint density at radius 1 is 1.50 bits per heavy atom. The summed E-state index contributed by atoms with van der Waals surface area (Å²) in [4.78, 5) is 0. The van der Waals surface area contributed by atoms with Crippen molar-refractivity contribution in [3.63, 3.8) is 0 Å². The molecule has 2 rings (SSSR count). The van der Waals surface area contributed by atoms with E-state index < -0.39 is 0 Å². The first kappa shape index (κ1) is 8.05. The normalized spacial score (nSPS) is 10.8. The van der Waals surface area contributed by atoms with E-state index in [1.54, 1.807) is 6.07 Å². The Balaban J connectivity index is 2.66. The van der Waals surface area contributed by atoms with E-state index in [0.29, 0.717) is 0 Å². The van der Waals surface area contributed by atoms with Crippen LogP contribution in [0.1, 0.15) is 5.56 Å². The van der Waals surface area contributed by atoms with E-state index in [-0.39, 0.29) is 6.61 Å². The highest BCUT2D eigenvalue weighted by Crippen LogP contribution is 2.29. The Labute approximate surface area is 79.2 Å². The van der Waals surface area contributed by atoms with Gasteiger partial charge in [-0.05, 0) is 29.8 Å². The summed E-state index contributed by atoms with van der Waals surface area (Å²) >= 11 is 7.32. The van der Waals surface area contributed by atoms with Gasteiger partial charge >= 0.3 is 0 Å². The molecule has 0 unspecified atom stereocenters. The van der Waals surface area contributed by atoms with Crippen molar-refractivity contribution in [3.8, 4) is 0 Å². The highest BCUT2D eigenvalue weighted by atomic mass is 35.5. The molecule has 1 aromatic heterocycles. The van der Waals surface area contributed by atoms with Crippen LogP contribution >= 0.6 is 22.9 Å². The number of aliphatic hydroxyl groups is 1. The zero-order valence-corrected chi connectivity index (χ0v) is 7.75. The molecular weight excluding hydrogens is 192 g/mol. The molecule has 0 saturated carbocycles. The fourth-order valence-corrected chi connectivity index (χ4v) is 2.25. The molecule has 0 amide bonds. The maximum atomic E-state index is 8.86. The van der Waals surface area contributed by atoms with Gasteiger partial charge in [0.15, 0.2) is 0 Å². The van der Waals surface area contributed by atoms with Crippen molar-refractivity contribution in [2.45, 2.75) is 6.61 Å². The molecule has 1 radical (unpaired) electrons. The number of rotatable bonds is 1. The predicted octanol–water partition coefficient (Wildman–Crippen LogP) is 2.85. The molecule has 0 saturated heterocycles. The van der Waals surface area contributed by atoms with Crippen molar-refractivity contribution in [3.05, 3.63) is 34.2 Å². The van der Waals surface area contributed by atoms with Gasteiger partial charge in [0.1, 0.15) is 0 Å². The lowest BCUT2D eigenvalue weighted by Crippen LogP contribution is -1.79. The fourth-order valence-electron chi connectivity index (χ4n) is 1.07. The van der Waals surface area contributed by atoms with Crippen LogP contribution < -0.4 is 0 Å². The van der Waals surface area contributed by atoms with Gasteiger partial charge in [-0.25, -0.2) is 0 Å². The summed E-state index contributed by atoms with van der Waals surface area (Å²) in [6, 6.07) is 8.65. The predicted molar refractivity (Wildman–Crippen MR) is 51.6 cm³/mol. The van der Waals surface area contributed by atoms with Crippen LogP contribution in [0, 0.1) is 6.07 Å². The zero-order chi connectivity index (χ0) is 8.55. The van der Waals surface area contributed by atoms with E-state index in [9.17, 15) is 0 Å². The van der Waals surface area contributed by atoms with Crippen molar-refractivity contribution in [1.82, 2.24) is 0 Å². The minimum Gasteiger partial charge on any atom is -0.392 e. The molecule has 0 atom stereocenters. The second kappa shape index (κ2) is 3.05. The van der Waals surface area contributed by atoms with Crippen molar-refractivity contribution in [2.75, 3.05) is 0 Å². The van der Waals surface area contributed by atoms with Crippen molar-refractivity contribution < 1.29 is 5.11 Å². The molecule has 12 heavy (non-hydrogen) atoms. The largest absolute Gasteiger partial charge is 0.392 e. The van der Waals surface area contributed by atoms with Crippen LogP contribution in [0.15, 0.2) is 18.2 Å². The van der Waals surface area contributed by atoms with E-state index in [2.05, 4.69) is 6.07 Å². The molecule has 1 nitrogen and oxygen atoms in total. The number of halogens is 1. The zero-order valence-electron chi connectivity index (χ0n) is 6.17. The summed E-state index contributed by atoms with van der Waals surface area (Å²) < 4.78 is 1.84. The van der Waals surface area contributed by atoms with E-state index in [0.717, 1.165) is 20.0 Å². The lowest BCUT2D eigenvalue weighted by molar-refractivity contribution is 0.282. The first-order valence-electron chi connectivity index (χ1n) is 3.50. The molecule has 2 aromatic rings. The number of aliphatic hydroxyl groups excluding tert-OH is 1. The SMILES string of the molecule is OCc1c[c]c2cc(Cl)sc2c1. The third-order valence-electron chi connectivity index (χ3n) is 1.64. The fraction of sp³-hybridized carbons (Fsp3) is 0.111. The number of thiophene rings is 1. The smallest absolute Gasteiger partial charge is 0.0941 e. The Morgan fingerprint density at radius 3 is 3.08 bits per heavy atom. The van der Waals surface area contributed by atoms with Crippen molar-refractivity contribution in [1.29, 1.82) is 0 Å². The summed E-state index contributed by atoms with van der Waals surface area (Å²) in [6.07, 6.45) is 0. The summed E-state index contributed by atoms with van der Waals surface area (Å²) in [5.74, 6) is 0. The quantitative estimate of drug-likeness (QED) is 0.746. The monoisotopic (exact) mass is 197 g/mol. The molecule has 0 aliphatic heterocycles. The van der Waals surface area contributed by atoms with Crippen LogP contribution in [0.2, 0.25) is 4.34 Å². The summed E-state index contributed by atoms with van der Waals surface area (Å²) in [7, 11) is 0. The van der Waals surface area contributed by atoms with Gasteiger partial charge in [0, 0.05) is 10.1 Å². The molecule has 3 heteroatoms. The maximum absolute atomic E-state index is 8.86. The molecule has 0 aliphatic carbocycles. The Kier molecular flexibility index (Phi) is 2.05. The third kappa shape index (κ3) is 1.33. The van der Waals surface area contributed by atoms with Gasteiger partial charge in [0.25, 0.3) is 0 Å². The van der Waals surface area contributed by atoms with Crippen LogP contribution in [0.3, 0.4) is 0 Å². The highest BCUT2D eigenvalue weighted by Gasteiger charge is 2.00. The maximum Gasteiger partial charge on any atom is 0.0941 e. The molecule has 0 aliphatic rings. The van der Waals surface area contributed by atoms with E-state index in [4.69, 9.17) is 16.7 Å². The molecular formula is C9H6ClOS. The minimum atomic E-state index is 0.0575. The number of hydrogen-bond acceptors (Lipinski definition) is 2. The third-order valence-corrected chi connectivity index (χ3v) is 2.85. The van der Waals surface area contributed by atoms with Gasteiger partial charge in [-0.15, -0.1) is 11.3 Å². The summed E-state index contributed by atoms with van der Waals surface area (Å²) in [5.41, 5.74) is 0.876. The van der Waals surface area contributed by atoms with Gasteiger partial charge in [-0.1, -0.05) is 11.6 Å². The molecule has 61 valence electrons. The van der Waals surface area contributed by atoms with Gasteiger partial charge in [0.2, 0.25) is 0 Å². The van der Waals surface area contributed by atoms with Crippen molar-refractivity contribution in [2.24, 2.45) is 0 Å². The van der Waals surface area contributed by atoms with Crippen LogP contribution in [0.4, 0.5) is 0 Å². The molecule has 0 fully saturated rings. The summed E-state index contributed by atoms with van der Waals surface area (Å²) in [6.45, 7) is 0.0575.